The van der Waals surface area contributed by atoms with E-state index in [9.17, 15) is 33.9 Å². The van der Waals surface area contributed by atoms with Crippen LogP contribution in [0.3, 0.4) is 0 Å². The number of hydrogen-bond acceptors (Lipinski definition) is 7. The summed E-state index contributed by atoms with van der Waals surface area (Å²) in [5, 5.41) is 23.8. The molecule has 0 saturated heterocycles. The van der Waals surface area contributed by atoms with Gasteiger partial charge in [0.25, 0.3) is 0 Å². The largest absolute Gasteiger partial charge is 0.480 e. The van der Waals surface area contributed by atoms with Gasteiger partial charge in [-0.3, -0.25) is 24.0 Å². The minimum Gasteiger partial charge on any atom is -0.480 e. The standard InChI is InChI=1S/C46H60N6O7/c1-6-7-21-40(53)48-36(20-14-15-26-47)42(54)49-37(27-30(2)3)44(56)52-41(31(4)5)45(57)50-38(28-33-22-24-35(25-23-33)34-18-12-9-13-19-34)43(55)51-39(46(58)59)29-32-16-10-8-11-17-32/h1,8-13,16-19,22-25,30-31,36-39,41H,7,14-15,20-21,26-29,47H2,2-5H3,(H,48,53)(H,49,54)(H,50,57)(H,51,55)(H,52,56)(H,58,59)/t36-,37-,38-,39-,41-/m1/s1. The minimum atomic E-state index is -1.29. The molecule has 59 heavy (non-hydrogen) atoms. The maximum atomic E-state index is 14.1. The molecule has 13 heteroatoms. The van der Waals surface area contributed by atoms with Gasteiger partial charge in [-0.1, -0.05) is 113 Å². The summed E-state index contributed by atoms with van der Waals surface area (Å²) in [5.41, 5.74) is 9.02. The average Bonchev–Trinajstić information content (AvgIpc) is 3.21. The summed E-state index contributed by atoms with van der Waals surface area (Å²) in [6.07, 6.45) is 7.32. The number of carbonyl (C=O) groups excluding carboxylic acids is 5. The van der Waals surface area contributed by atoms with Gasteiger partial charge in [0.05, 0.1) is 0 Å². The number of aliphatic carboxylic acids is 1. The van der Waals surface area contributed by atoms with Crippen molar-refractivity contribution in [3.8, 4) is 23.5 Å². The highest BCUT2D eigenvalue weighted by Crippen LogP contribution is 2.20. The predicted octanol–water partition coefficient (Wildman–Crippen LogP) is 3.89. The lowest BCUT2D eigenvalue weighted by Gasteiger charge is -2.29. The summed E-state index contributed by atoms with van der Waals surface area (Å²) in [5.74, 6) is -2.28. The Morgan fingerprint density at radius 1 is 0.627 bits per heavy atom. The van der Waals surface area contributed by atoms with E-state index >= 15 is 0 Å². The maximum Gasteiger partial charge on any atom is 0.326 e. The van der Waals surface area contributed by atoms with Crippen LogP contribution in [0.25, 0.3) is 11.1 Å². The van der Waals surface area contributed by atoms with Gasteiger partial charge in [0, 0.05) is 25.7 Å². The third-order valence-electron chi connectivity index (χ3n) is 9.71. The van der Waals surface area contributed by atoms with Crippen LogP contribution in [0.5, 0.6) is 0 Å². The SMILES string of the molecule is C#CCCC(=O)N[C@H](CCCCN)C(=O)N[C@H](CC(C)C)C(=O)N[C@@H](C(=O)N[C@H](Cc1ccc(-c2ccccc2)cc1)C(=O)N[C@H](Cc1ccccc1)C(=O)O)C(C)C. The number of carbonyl (C=O) groups is 6. The van der Waals surface area contributed by atoms with Crippen LogP contribution >= 0.6 is 0 Å². The molecule has 0 unspecified atom stereocenters. The molecule has 3 aromatic rings. The van der Waals surface area contributed by atoms with Gasteiger partial charge in [0.15, 0.2) is 0 Å². The van der Waals surface area contributed by atoms with Gasteiger partial charge >= 0.3 is 5.97 Å². The van der Waals surface area contributed by atoms with Crippen LogP contribution in [-0.2, 0) is 41.6 Å². The summed E-state index contributed by atoms with van der Waals surface area (Å²) < 4.78 is 0. The smallest absolute Gasteiger partial charge is 0.326 e. The quantitative estimate of drug-likeness (QED) is 0.0521. The number of benzene rings is 3. The van der Waals surface area contributed by atoms with Gasteiger partial charge in [0.1, 0.15) is 30.2 Å². The van der Waals surface area contributed by atoms with Crippen LogP contribution in [0.15, 0.2) is 84.9 Å². The number of rotatable bonds is 24. The van der Waals surface area contributed by atoms with Gasteiger partial charge in [0.2, 0.25) is 29.5 Å². The molecular formula is C46H60N6O7. The first-order chi connectivity index (χ1) is 28.2. The molecule has 5 atom stereocenters. The predicted molar refractivity (Wildman–Crippen MR) is 228 cm³/mol. The molecule has 3 rings (SSSR count). The van der Waals surface area contributed by atoms with E-state index in [0.29, 0.717) is 36.9 Å². The molecule has 0 fully saturated rings. The van der Waals surface area contributed by atoms with E-state index in [1.54, 1.807) is 44.2 Å². The lowest BCUT2D eigenvalue weighted by atomic mass is 9.97. The molecule has 13 nitrogen and oxygen atoms in total. The van der Waals surface area contributed by atoms with Crippen molar-refractivity contribution in [1.82, 2.24) is 26.6 Å². The van der Waals surface area contributed by atoms with E-state index in [1.165, 1.54) is 0 Å². The Balaban J connectivity index is 1.86. The molecule has 0 saturated carbocycles. The Kier molecular flexibility index (Phi) is 19.8. The number of nitrogens with two attached hydrogens (primary N) is 1. The Labute approximate surface area is 348 Å². The molecule has 0 spiro atoms. The molecule has 0 aliphatic rings. The number of unbranched alkanes of at least 4 members (excludes halogenated alkanes) is 1. The Hall–Kier alpha value is -6.00. The first-order valence-corrected chi connectivity index (χ1v) is 20.3. The second kappa shape index (κ2) is 24.7. The van der Waals surface area contributed by atoms with Crippen LogP contribution in [0, 0.1) is 24.2 Å². The first-order valence-electron chi connectivity index (χ1n) is 20.3. The van der Waals surface area contributed by atoms with Crippen molar-refractivity contribution in [3.63, 3.8) is 0 Å². The van der Waals surface area contributed by atoms with Crippen LogP contribution < -0.4 is 32.3 Å². The Morgan fingerprint density at radius 3 is 1.73 bits per heavy atom. The topological polar surface area (TPSA) is 209 Å². The van der Waals surface area contributed by atoms with E-state index in [1.807, 2.05) is 68.4 Å². The number of carboxylic acid groups (broad SMARTS) is 1. The molecule has 0 aromatic heterocycles. The fraction of sp³-hybridized carbons (Fsp3) is 0.435. The summed E-state index contributed by atoms with van der Waals surface area (Å²) in [6, 6.07) is 20.5. The van der Waals surface area contributed by atoms with Crippen molar-refractivity contribution in [2.24, 2.45) is 17.6 Å². The monoisotopic (exact) mass is 808 g/mol. The highest BCUT2D eigenvalue weighted by molar-refractivity contribution is 5.96. The van der Waals surface area contributed by atoms with Crippen molar-refractivity contribution in [1.29, 1.82) is 0 Å². The van der Waals surface area contributed by atoms with Gasteiger partial charge in [-0.05, 0) is 66.3 Å². The zero-order valence-electron chi connectivity index (χ0n) is 34.5. The molecule has 5 amide bonds. The van der Waals surface area contributed by atoms with Crippen LogP contribution in [0.2, 0.25) is 0 Å². The maximum absolute atomic E-state index is 14.1. The molecule has 316 valence electrons. The van der Waals surface area contributed by atoms with E-state index in [-0.39, 0.29) is 38.0 Å². The van der Waals surface area contributed by atoms with Crippen LogP contribution in [0.4, 0.5) is 0 Å². The van der Waals surface area contributed by atoms with Crippen LogP contribution in [0.1, 0.15) is 77.3 Å². The molecule has 0 bridgehead atoms. The van der Waals surface area contributed by atoms with Crippen molar-refractivity contribution < 1.29 is 33.9 Å². The molecule has 0 aliphatic carbocycles. The lowest BCUT2D eigenvalue weighted by molar-refractivity contribution is -0.142. The zero-order valence-corrected chi connectivity index (χ0v) is 34.5. The molecule has 0 radical (unpaired) electrons. The fourth-order valence-electron chi connectivity index (χ4n) is 6.47. The molecule has 0 aliphatic heterocycles. The average molecular weight is 809 g/mol. The second-order valence-electron chi connectivity index (χ2n) is 15.4. The van der Waals surface area contributed by atoms with Gasteiger partial charge in [-0.25, -0.2) is 4.79 Å². The first kappa shape index (κ1) is 47.4. The number of amides is 5. The second-order valence-corrected chi connectivity index (χ2v) is 15.4. The third-order valence-corrected chi connectivity index (χ3v) is 9.71. The Morgan fingerprint density at radius 2 is 1.15 bits per heavy atom. The normalized spacial score (nSPS) is 13.5. The molecule has 8 N–H and O–H groups in total. The summed E-state index contributed by atoms with van der Waals surface area (Å²) in [7, 11) is 0. The van der Waals surface area contributed by atoms with E-state index in [4.69, 9.17) is 12.2 Å². The molecule has 0 heterocycles. The van der Waals surface area contributed by atoms with Gasteiger partial charge in [-0.2, -0.15) is 0 Å². The number of hydrogen-bond donors (Lipinski definition) is 7. The van der Waals surface area contributed by atoms with Crippen LogP contribution in [-0.4, -0.2) is 77.4 Å². The van der Waals surface area contributed by atoms with E-state index < -0.39 is 71.6 Å². The number of nitrogens with one attached hydrogen (secondary N) is 5. The van der Waals surface area contributed by atoms with E-state index in [2.05, 4.69) is 32.5 Å². The Bertz CT molecular complexity index is 1860. The molecule has 3 aromatic carbocycles. The summed E-state index contributed by atoms with van der Waals surface area (Å²) in [4.78, 5) is 80.5. The third kappa shape index (κ3) is 16.4. The minimum absolute atomic E-state index is 0.0183. The van der Waals surface area contributed by atoms with Crippen molar-refractivity contribution in [2.45, 2.75) is 109 Å². The van der Waals surface area contributed by atoms with E-state index in [0.717, 1.165) is 11.1 Å². The summed E-state index contributed by atoms with van der Waals surface area (Å²) in [6.45, 7) is 7.65. The number of carboxylic acids is 1. The number of terminal acetylenes is 1. The molecular weight excluding hydrogens is 749 g/mol. The highest BCUT2D eigenvalue weighted by Gasteiger charge is 2.34. The fourth-order valence-corrected chi connectivity index (χ4v) is 6.47. The zero-order chi connectivity index (χ0) is 43.3. The lowest BCUT2D eigenvalue weighted by Crippen LogP contribution is -2.60. The van der Waals surface area contributed by atoms with Crippen molar-refractivity contribution in [3.05, 3.63) is 96.1 Å². The van der Waals surface area contributed by atoms with Gasteiger partial charge in [-0.15, -0.1) is 12.3 Å². The van der Waals surface area contributed by atoms with Crippen molar-refractivity contribution >= 4 is 35.5 Å². The highest BCUT2D eigenvalue weighted by atomic mass is 16.4. The summed E-state index contributed by atoms with van der Waals surface area (Å²) >= 11 is 0. The van der Waals surface area contributed by atoms with Gasteiger partial charge < -0.3 is 37.4 Å². The van der Waals surface area contributed by atoms with Crippen molar-refractivity contribution in [2.75, 3.05) is 6.54 Å².